The van der Waals surface area contributed by atoms with Gasteiger partial charge in [-0.3, -0.25) is 4.98 Å². The molecule has 19 heavy (non-hydrogen) atoms. The summed E-state index contributed by atoms with van der Waals surface area (Å²) in [5.41, 5.74) is 0. The molecule has 1 heterocycles. The van der Waals surface area contributed by atoms with Crippen molar-refractivity contribution in [3.8, 4) is 17.4 Å². The molecule has 4 nitrogen and oxygen atoms in total. The molecule has 1 aromatic heterocycles. The molecule has 0 unspecified atom stereocenters. The Morgan fingerprint density at radius 1 is 1.05 bits per heavy atom. The molecule has 8 heteroatoms. The Balaban J connectivity index is 2.25. The topological polar surface area (TPSA) is 44.2 Å². The summed E-state index contributed by atoms with van der Waals surface area (Å²) in [6.07, 6.45) is -2.32. The van der Waals surface area contributed by atoms with E-state index in [1.807, 2.05) is 0 Å². The predicted octanol–water partition coefficient (Wildman–Crippen LogP) is 3.82. The molecule has 2 aromatic rings. The van der Waals surface area contributed by atoms with E-state index in [1.54, 1.807) is 0 Å². The number of ether oxygens (including phenoxy) is 2. The third kappa shape index (κ3) is 3.99. The van der Waals surface area contributed by atoms with E-state index in [2.05, 4.69) is 14.7 Å². The van der Waals surface area contributed by atoms with Crippen LogP contribution in [0.15, 0.2) is 36.7 Å². The average molecular weight is 291 g/mol. The molecular weight excluding hydrogens is 285 g/mol. The van der Waals surface area contributed by atoms with E-state index < -0.39 is 12.1 Å². The van der Waals surface area contributed by atoms with Gasteiger partial charge in [0.2, 0.25) is 5.88 Å². The summed E-state index contributed by atoms with van der Waals surface area (Å²) in [4.78, 5) is 7.45. The monoisotopic (exact) mass is 290 g/mol. The van der Waals surface area contributed by atoms with Gasteiger partial charge in [0.05, 0.1) is 12.4 Å². The lowest BCUT2D eigenvalue weighted by atomic mass is 10.3. The number of aromatic nitrogens is 2. The van der Waals surface area contributed by atoms with Crippen LogP contribution in [0.2, 0.25) is 5.15 Å². The van der Waals surface area contributed by atoms with E-state index in [0.717, 1.165) is 6.07 Å². The van der Waals surface area contributed by atoms with Crippen molar-refractivity contribution in [1.29, 1.82) is 0 Å². The zero-order chi connectivity index (χ0) is 13.9. The number of hydrogen-bond acceptors (Lipinski definition) is 4. The van der Waals surface area contributed by atoms with E-state index in [1.165, 1.54) is 30.6 Å². The van der Waals surface area contributed by atoms with Crippen molar-refractivity contribution in [1.82, 2.24) is 9.97 Å². The largest absolute Gasteiger partial charge is 0.573 e. The molecule has 0 aliphatic rings. The first kappa shape index (κ1) is 13.4. The number of benzene rings is 1. The van der Waals surface area contributed by atoms with Crippen LogP contribution in [-0.4, -0.2) is 16.3 Å². The standard InChI is InChI=1S/C11H6ClF3N2O2/c12-9-5-16-6-10(17-9)18-7-3-1-2-4-8(7)19-11(13,14)15/h1-6H. The van der Waals surface area contributed by atoms with Crippen molar-refractivity contribution in [3.63, 3.8) is 0 Å². The van der Waals surface area contributed by atoms with Crippen LogP contribution in [0, 0.1) is 0 Å². The first-order chi connectivity index (χ1) is 8.94. The highest BCUT2D eigenvalue weighted by atomic mass is 35.5. The van der Waals surface area contributed by atoms with Gasteiger partial charge in [0.15, 0.2) is 16.7 Å². The molecule has 0 atom stereocenters. The molecule has 0 N–H and O–H groups in total. The minimum Gasteiger partial charge on any atom is -0.434 e. The molecule has 0 bridgehead atoms. The summed E-state index contributed by atoms with van der Waals surface area (Å²) in [5, 5.41) is 0.0618. The molecule has 2 rings (SSSR count). The van der Waals surface area contributed by atoms with Gasteiger partial charge in [-0.05, 0) is 12.1 Å². The Morgan fingerprint density at radius 2 is 1.74 bits per heavy atom. The average Bonchev–Trinajstić information content (AvgIpc) is 2.30. The smallest absolute Gasteiger partial charge is 0.434 e. The van der Waals surface area contributed by atoms with Gasteiger partial charge in [0.1, 0.15) is 0 Å². The normalized spacial score (nSPS) is 11.2. The summed E-state index contributed by atoms with van der Waals surface area (Å²) in [6, 6.07) is 5.32. The van der Waals surface area contributed by atoms with Crippen molar-refractivity contribution < 1.29 is 22.6 Å². The zero-order valence-electron chi connectivity index (χ0n) is 9.19. The maximum Gasteiger partial charge on any atom is 0.573 e. The third-order valence-electron chi connectivity index (χ3n) is 1.87. The maximum absolute atomic E-state index is 12.2. The van der Waals surface area contributed by atoms with Crippen LogP contribution in [0.4, 0.5) is 13.2 Å². The number of halogens is 4. The Hall–Kier alpha value is -2.02. The van der Waals surface area contributed by atoms with Gasteiger partial charge in [-0.15, -0.1) is 13.2 Å². The van der Waals surface area contributed by atoms with Crippen molar-refractivity contribution >= 4 is 11.6 Å². The van der Waals surface area contributed by atoms with Gasteiger partial charge in [-0.25, -0.2) is 0 Å². The minimum atomic E-state index is -4.81. The van der Waals surface area contributed by atoms with Crippen LogP contribution in [0.5, 0.6) is 17.4 Å². The molecule has 100 valence electrons. The second kappa shape index (κ2) is 5.31. The highest BCUT2D eigenvalue weighted by molar-refractivity contribution is 6.29. The summed E-state index contributed by atoms with van der Waals surface area (Å²) in [7, 11) is 0. The first-order valence-electron chi connectivity index (χ1n) is 4.94. The molecule has 0 radical (unpaired) electrons. The number of hydrogen-bond donors (Lipinski definition) is 0. The number of alkyl halides is 3. The summed E-state index contributed by atoms with van der Waals surface area (Å²) < 4.78 is 45.6. The molecule has 0 spiro atoms. The van der Waals surface area contributed by atoms with E-state index in [-0.39, 0.29) is 16.8 Å². The fourth-order valence-corrected chi connectivity index (χ4v) is 1.37. The Labute approximate surface area is 110 Å². The van der Waals surface area contributed by atoms with Crippen LogP contribution in [0.1, 0.15) is 0 Å². The van der Waals surface area contributed by atoms with Crippen LogP contribution >= 0.6 is 11.6 Å². The highest BCUT2D eigenvalue weighted by Gasteiger charge is 2.32. The molecule has 0 saturated carbocycles. The molecule has 0 amide bonds. The van der Waals surface area contributed by atoms with Crippen molar-refractivity contribution in [3.05, 3.63) is 41.8 Å². The summed E-state index contributed by atoms with van der Waals surface area (Å²) in [6.45, 7) is 0. The van der Waals surface area contributed by atoms with E-state index in [4.69, 9.17) is 16.3 Å². The van der Waals surface area contributed by atoms with Gasteiger partial charge in [0, 0.05) is 0 Å². The molecule has 0 aliphatic carbocycles. The van der Waals surface area contributed by atoms with Crippen molar-refractivity contribution in [2.24, 2.45) is 0 Å². The molecule has 0 aliphatic heterocycles. The summed E-state index contributed by atoms with van der Waals surface area (Å²) in [5.74, 6) is -0.654. The van der Waals surface area contributed by atoms with Gasteiger partial charge in [-0.2, -0.15) is 4.98 Å². The van der Waals surface area contributed by atoms with Crippen molar-refractivity contribution in [2.45, 2.75) is 6.36 Å². The lowest BCUT2D eigenvalue weighted by Gasteiger charge is -2.12. The number of nitrogens with zero attached hydrogens (tertiary/aromatic N) is 2. The Bertz CT molecular complexity index is 578. The fraction of sp³-hybridized carbons (Fsp3) is 0.0909. The molecule has 0 fully saturated rings. The van der Waals surface area contributed by atoms with Gasteiger partial charge in [0.25, 0.3) is 0 Å². The quantitative estimate of drug-likeness (QED) is 0.862. The second-order valence-corrected chi connectivity index (χ2v) is 3.66. The van der Waals surface area contributed by atoms with E-state index in [0.29, 0.717) is 0 Å². The van der Waals surface area contributed by atoms with Crippen LogP contribution < -0.4 is 9.47 Å². The number of rotatable bonds is 3. The summed E-state index contributed by atoms with van der Waals surface area (Å²) >= 11 is 5.59. The highest BCUT2D eigenvalue weighted by Crippen LogP contribution is 2.34. The van der Waals surface area contributed by atoms with Crippen LogP contribution in [0.25, 0.3) is 0 Å². The molecule has 1 aromatic carbocycles. The molecule has 0 saturated heterocycles. The third-order valence-corrected chi connectivity index (χ3v) is 2.05. The lowest BCUT2D eigenvalue weighted by Crippen LogP contribution is -2.17. The second-order valence-electron chi connectivity index (χ2n) is 3.28. The fourth-order valence-electron chi connectivity index (χ4n) is 1.23. The van der Waals surface area contributed by atoms with E-state index >= 15 is 0 Å². The SMILES string of the molecule is FC(F)(F)Oc1ccccc1Oc1cncc(Cl)n1. The first-order valence-corrected chi connectivity index (χ1v) is 5.32. The Kier molecular flexibility index (Phi) is 3.75. The van der Waals surface area contributed by atoms with Gasteiger partial charge < -0.3 is 9.47 Å². The van der Waals surface area contributed by atoms with Gasteiger partial charge >= 0.3 is 6.36 Å². The van der Waals surface area contributed by atoms with Crippen LogP contribution in [0.3, 0.4) is 0 Å². The van der Waals surface area contributed by atoms with Crippen molar-refractivity contribution in [2.75, 3.05) is 0 Å². The minimum absolute atomic E-state index is 0.0364. The maximum atomic E-state index is 12.2. The van der Waals surface area contributed by atoms with Crippen LogP contribution in [-0.2, 0) is 0 Å². The predicted molar refractivity (Wildman–Crippen MR) is 60.2 cm³/mol. The number of para-hydroxylation sites is 2. The van der Waals surface area contributed by atoms with E-state index in [9.17, 15) is 13.2 Å². The Morgan fingerprint density at radius 3 is 2.37 bits per heavy atom. The molecular formula is C11H6ClF3N2O2. The lowest BCUT2D eigenvalue weighted by molar-refractivity contribution is -0.275. The zero-order valence-corrected chi connectivity index (χ0v) is 9.94. The van der Waals surface area contributed by atoms with Gasteiger partial charge in [-0.1, -0.05) is 23.7 Å².